The van der Waals surface area contributed by atoms with E-state index in [1.807, 2.05) is 13.8 Å². The second kappa shape index (κ2) is 4.22. The second-order valence-electron chi connectivity index (χ2n) is 4.16. The number of anilines is 1. The SMILES string of the molecule is C#CC1CC(=O)N(c2nc(C(C)C)ns2)C1. The molecule has 1 aromatic rings. The Hall–Kier alpha value is -1.41. The topological polar surface area (TPSA) is 46.1 Å². The second-order valence-corrected chi connectivity index (χ2v) is 4.89. The number of carbonyl (C=O) groups is 1. The van der Waals surface area contributed by atoms with Gasteiger partial charge in [-0.3, -0.25) is 9.69 Å². The number of nitrogens with zero attached hydrogens (tertiary/aromatic N) is 3. The molecule has 1 unspecified atom stereocenters. The van der Waals surface area contributed by atoms with Gasteiger partial charge in [-0.05, 0) is 0 Å². The lowest BCUT2D eigenvalue weighted by Crippen LogP contribution is -2.24. The fourth-order valence-electron chi connectivity index (χ4n) is 1.57. The van der Waals surface area contributed by atoms with Crippen molar-refractivity contribution in [3.05, 3.63) is 5.82 Å². The Bertz CT molecular complexity index is 446. The first kappa shape index (κ1) is 11.1. The summed E-state index contributed by atoms with van der Waals surface area (Å²) in [6.07, 6.45) is 5.75. The summed E-state index contributed by atoms with van der Waals surface area (Å²) in [7, 11) is 0. The summed E-state index contributed by atoms with van der Waals surface area (Å²) in [6, 6.07) is 0. The van der Waals surface area contributed by atoms with Crippen LogP contribution < -0.4 is 4.90 Å². The van der Waals surface area contributed by atoms with Gasteiger partial charge in [0, 0.05) is 36.3 Å². The van der Waals surface area contributed by atoms with Crippen molar-refractivity contribution in [1.82, 2.24) is 9.36 Å². The lowest BCUT2D eigenvalue weighted by Gasteiger charge is -2.10. The van der Waals surface area contributed by atoms with Crippen molar-refractivity contribution in [2.24, 2.45) is 5.92 Å². The number of hydrogen-bond acceptors (Lipinski definition) is 4. The molecule has 0 N–H and O–H groups in total. The number of carbonyl (C=O) groups excluding carboxylic acids is 1. The van der Waals surface area contributed by atoms with Crippen LogP contribution in [0.15, 0.2) is 0 Å². The van der Waals surface area contributed by atoms with Crippen LogP contribution in [-0.4, -0.2) is 21.8 Å². The van der Waals surface area contributed by atoms with E-state index < -0.39 is 0 Å². The lowest BCUT2D eigenvalue weighted by molar-refractivity contribution is -0.117. The predicted octanol–water partition coefficient (Wildman–Crippen LogP) is 1.65. The number of rotatable bonds is 2. The third kappa shape index (κ3) is 1.93. The van der Waals surface area contributed by atoms with E-state index in [1.54, 1.807) is 4.90 Å². The van der Waals surface area contributed by atoms with E-state index in [-0.39, 0.29) is 17.7 Å². The Kier molecular flexibility index (Phi) is 2.92. The standard InChI is InChI=1S/C11H13N3OS/c1-4-8-5-9(15)14(6-8)11-12-10(7(2)3)13-16-11/h1,7-8H,5-6H2,2-3H3. The third-order valence-corrected chi connectivity index (χ3v) is 3.29. The van der Waals surface area contributed by atoms with Crippen molar-refractivity contribution in [2.45, 2.75) is 26.2 Å². The van der Waals surface area contributed by atoms with Crippen molar-refractivity contribution in [3.63, 3.8) is 0 Å². The maximum atomic E-state index is 11.7. The van der Waals surface area contributed by atoms with Crippen LogP contribution in [0.4, 0.5) is 5.13 Å². The van der Waals surface area contributed by atoms with Crippen LogP contribution in [0.1, 0.15) is 32.0 Å². The molecular weight excluding hydrogens is 222 g/mol. The van der Waals surface area contributed by atoms with Crippen molar-refractivity contribution < 1.29 is 4.79 Å². The molecule has 5 heteroatoms. The van der Waals surface area contributed by atoms with Crippen molar-refractivity contribution in [1.29, 1.82) is 0 Å². The van der Waals surface area contributed by atoms with E-state index in [0.29, 0.717) is 18.1 Å². The van der Waals surface area contributed by atoms with Crippen LogP contribution in [0.5, 0.6) is 0 Å². The van der Waals surface area contributed by atoms with Gasteiger partial charge in [0.15, 0.2) is 0 Å². The van der Waals surface area contributed by atoms with Gasteiger partial charge in [-0.1, -0.05) is 13.8 Å². The van der Waals surface area contributed by atoms with Gasteiger partial charge < -0.3 is 0 Å². The maximum Gasteiger partial charge on any atom is 0.230 e. The molecule has 1 aromatic heterocycles. The number of terminal acetylenes is 1. The molecule has 0 bridgehead atoms. The van der Waals surface area contributed by atoms with Gasteiger partial charge in [0.2, 0.25) is 11.0 Å². The summed E-state index contributed by atoms with van der Waals surface area (Å²) >= 11 is 1.27. The zero-order chi connectivity index (χ0) is 11.7. The highest BCUT2D eigenvalue weighted by Gasteiger charge is 2.31. The Labute approximate surface area is 98.9 Å². The summed E-state index contributed by atoms with van der Waals surface area (Å²) < 4.78 is 4.23. The largest absolute Gasteiger partial charge is 0.286 e. The summed E-state index contributed by atoms with van der Waals surface area (Å²) in [5.41, 5.74) is 0. The van der Waals surface area contributed by atoms with Crippen molar-refractivity contribution >= 4 is 22.6 Å². The molecule has 0 spiro atoms. The Morgan fingerprint density at radius 2 is 2.38 bits per heavy atom. The van der Waals surface area contributed by atoms with Gasteiger partial charge in [-0.25, -0.2) is 4.98 Å². The highest BCUT2D eigenvalue weighted by atomic mass is 32.1. The van der Waals surface area contributed by atoms with E-state index in [2.05, 4.69) is 15.3 Å². The molecule has 0 aromatic carbocycles. The maximum absolute atomic E-state index is 11.7. The van der Waals surface area contributed by atoms with Crippen LogP contribution in [0.2, 0.25) is 0 Å². The van der Waals surface area contributed by atoms with Gasteiger partial charge >= 0.3 is 0 Å². The van der Waals surface area contributed by atoms with Crippen LogP contribution in [0, 0.1) is 18.3 Å². The number of amides is 1. The van der Waals surface area contributed by atoms with Crippen LogP contribution in [0.25, 0.3) is 0 Å². The highest BCUT2D eigenvalue weighted by Crippen LogP contribution is 2.27. The van der Waals surface area contributed by atoms with Crippen molar-refractivity contribution in [2.75, 3.05) is 11.4 Å². The molecule has 84 valence electrons. The van der Waals surface area contributed by atoms with E-state index in [0.717, 1.165) is 5.82 Å². The average Bonchev–Trinajstić information content (AvgIpc) is 2.83. The summed E-state index contributed by atoms with van der Waals surface area (Å²) in [4.78, 5) is 17.7. The molecule has 1 atom stereocenters. The lowest BCUT2D eigenvalue weighted by atomic mass is 10.1. The summed E-state index contributed by atoms with van der Waals surface area (Å²) in [5, 5.41) is 0.673. The number of hydrogen-bond donors (Lipinski definition) is 0. The predicted molar refractivity (Wildman–Crippen MR) is 63.3 cm³/mol. The number of aromatic nitrogens is 2. The Morgan fingerprint density at radius 3 is 2.88 bits per heavy atom. The molecule has 1 fully saturated rings. The fourth-order valence-corrected chi connectivity index (χ4v) is 2.41. The first-order valence-corrected chi connectivity index (χ1v) is 5.99. The molecule has 2 rings (SSSR count). The van der Waals surface area contributed by atoms with Crippen LogP contribution >= 0.6 is 11.5 Å². The third-order valence-electron chi connectivity index (χ3n) is 2.54. The van der Waals surface area contributed by atoms with Gasteiger partial charge in [0.25, 0.3) is 0 Å². The minimum absolute atomic E-state index is 0.0129. The minimum atomic E-state index is 0.0129. The quantitative estimate of drug-likeness (QED) is 0.732. The van der Waals surface area contributed by atoms with Gasteiger partial charge in [-0.2, -0.15) is 4.37 Å². The normalized spacial score (nSPS) is 20.5. The molecule has 0 radical (unpaired) electrons. The van der Waals surface area contributed by atoms with Crippen molar-refractivity contribution in [3.8, 4) is 12.3 Å². The molecule has 2 heterocycles. The minimum Gasteiger partial charge on any atom is -0.286 e. The molecule has 1 amide bonds. The van der Waals surface area contributed by atoms with E-state index in [4.69, 9.17) is 6.42 Å². The molecule has 0 aliphatic carbocycles. The monoisotopic (exact) mass is 235 g/mol. The first-order valence-electron chi connectivity index (χ1n) is 5.22. The van der Waals surface area contributed by atoms with E-state index in [9.17, 15) is 4.79 Å². The Morgan fingerprint density at radius 1 is 1.62 bits per heavy atom. The Balaban J connectivity index is 2.19. The fraction of sp³-hybridized carbons (Fsp3) is 0.545. The zero-order valence-electron chi connectivity index (χ0n) is 9.30. The molecule has 0 saturated carbocycles. The molecular formula is C11H13N3OS. The van der Waals surface area contributed by atoms with Crippen LogP contribution in [-0.2, 0) is 4.79 Å². The van der Waals surface area contributed by atoms with Crippen LogP contribution in [0.3, 0.4) is 0 Å². The summed E-state index contributed by atoms with van der Waals surface area (Å²) in [6.45, 7) is 4.63. The van der Waals surface area contributed by atoms with Gasteiger partial charge in [-0.15, -0.1) is 12.3 Å². The molecule has 1 aliphatic heterocycles. The van der Waals surface area contributed by atoms with Gasteiger partial charge in [0.05, 0.1) is 0 Å². The van der Waals surface area contributed by atoms with E-state index in [1.165, 1.54) is 11.5 Å². The zero-order valence-corrected chi connectivity index (χ0v) is 10.1. The average molecular weight is 235 g/mol. The summed E-state index contributed by atoms with van der Waals surface area (Å²) in [5.74, 6) is 3.75. The molecule has 1 saturated heterocycles. The first-order chi connectivity index (χ1) is 7.61. The molecule has 4 nitrogen and oxygen atoms in total. The van der Waals surface area contributed by atoms with E-state index >= 15 is 0 Å². The molecule has 16 heavy (non-hydrogen) atoms. The van der Waals surface area contributed by atoms with Gasteiger partial charge in [0.1, 0.15) is 5.82 Å². The molecule has 1 aliphatic rings. The highest BCUT2D eigenvalue weighted by molar-refractivity contribution is 7.09. The smallest absolute Gasteiger partial charge is 0.230 e.